The number of carbonyl (C=O) groups is 2. The fourth-order valence-electron chi connectivity index (χ4n) is 1.37. The van der Waals surface area contributed by atoms with Crippen molar-refractivity contribution >= 4 is 21.9 Å². The fourth-order valence-corrected chi connectivity index (χ4v) is 2.45. The number of hydrogen-bond acceptors (Lipinski definition) is 5. The number of hydrogen-bond donors (Lipinski definition) is 1. The summed E-state index contributed by atoms with van der Waals surface area (Å²) in [5.74, 6) is -1.78. The average Bonchev–Trinajstić information content (AvgIpc) is 2.38. The van der Waals surface area contributed by atoms with Crippen molar-refractivity contribution in [3.8, 4) is 0 Å². The number of carboxylic acid groups (broad SMARTS) is 1. The number of pyridine rings is 1. The zero-order valence-electron chi connectivity index (χ0n) is 11.1. The molecular weight excluding hydrogens is 286 g/mol. The van der Waals surface area contributed by atoms with E-state index in [-0.39, 0.29) is 4.90 Å². The lowest BCUT2D eigenvalue weighted by Crippen LogP contribution is -2.41. The maximum atomic E-state index is 12.1. The topological polar surface area (TPSA) is 108 Å². The van der Waals surface area contributed by atoms with Crippen LogP contribution in [0.4, 0.5) is 0 Å². The van der Waals surface area contributed by atoms with Crippen molar-refractivity contribution in [1.82, 2.24) is 14.2 Å². The second kappa shape index (κ2) is 6.44. The van der Waals surface area contributed by atoms with Gasteiger partial charge in [0, 0.05) is 26.5 Å². The highest BCUT2D eigenvalue weighted by molar-refractivity contribution is 7.89. The molecule has 1 amide bonds. The molecule has 20 heavy (non-hydrogen) atoms. The summed E-state index contributed by atoms with van der Waals surface area (Å²) in [7, 11) is -1.28. The molecule has 0 aliphatic heterocycles. The molecule has 0 saturated heterocycles. The van der Waals surface area contributed by atoms with Crippen LogP contribution >= 0.6 is 0 Å². The Morgan fingerprint density at radius 2 is 1.95 bits per heavy atom. The van der Waals surface area contributed by atoms with Gasteiger partial charge >= 0.3 is 5.97 Å². The zero-order valence-corrected chi connectivity index (χ0v) is 11.9. The van der Waals surface area contributed by atoms with Crippen LogP contribution in [0.5, 0.6) is 0 Å². The Bertz CT molecular complexity index is 587. The molecular formula is C11H15N3O5S. The van der Waals surface area contributed by atoms with Gasteiger partial charge in [0.2, 0.25) is 15.9 Å². The summed E-state index contributed by atoms with van der Waals surface area (Å²) in [6.07, 6.45) is 2.61. The standard InChI is InChI=1S/C11H15N3O5S/c1-13(8-11(16)17)10(15)7-14(2)20(18,19)9-4-3-5-12-6-9/h3-6H,7-8H2,1-2H3,(H,16,17). The van der Waals surface area contributed by atoms with E-state index < -0.39 is 35.0 Å². The van der Waals surface area contributed by atoms with Crippen LogP contribution in [0.15, 0.2) is 29.4 Å². The summed E-state index contributed by atoms with van der Waals surface area (Å²) in [6.45, 7) is -0.930. The van der Waals surface area contributed by atoms with Crippen molar-refractivity contribution < 1.29 is 23.1 Å². The highest BCUT2D eigenvalue weighted by Crippen LogP contribution is 2.12. The number of rotatable bonds is 6. The maximum Gasteiger partial charge on any atom is 0.323 e. The lowest BCUT2D eigenvalue weighted by molar-refractivity contribution is -0.143. The molecule has 110 valence electrons. The fraction of sp³-hybridized carbons (Fsp3) is 0.364. The number of carboxylic acids is 1. The molecule has 0 aliphatic rings. The molecule has 0 atom stereocenters. The quantitative estimate of drug-likeness (QED) is 0.740. The minimum Gasteiger partial charge on any atom is -0.480 e. The first-order chi connectivity index (χ1) is 9.25. The highest BCUT2D eigenvalue weighted by atomic mass is 32.2. The molecule has 1 aromatic heterocycles. The summed E-state index contributed by atoms with van der Waals surface area (Å²) in [5.41, 5.74) is 0. The van der Waals surface area contributed by atoms with E-state index >= 15 is 0 Å². The van der Waals surface area contributed by atoms with E-state index in [0.29, 0.717) is 0 Å². The van der Waals surface area contributed by atoms with Gasteiger partial charge < -0.3 is 10.0 Å². The zero-order chi connectivity index (χ0) is 15.3. The summed E-state index contributed by atoms with van der Waals surface area (Å²) in [4.78, 5) is 26.8. The Labute approximate surface area is 116 Å². The summed E-state index contributed by atoms with van der Waals surface area (Å²) >= 11 is 0. The molecule has 0 aliphatic carbocycles. The normalized spacial score (nSPS) is 11.3. The molecule has 1 rings (SSSR count). The second-order valence-corrected chi connectivity index (χ2v) is 6.14. The van der Waals surface area contributed by atoms with Gasteiger partial charge in [-0.3, -0.25) is 14.6 Å². The number of sulfonamides is 1. The number of likely N-dealkylation sites (N-methyl/N-ethyl adjacent to an activating group) is 2. The van der Waals surface area contributed by atoms with Gasteiger partial charge in [0.15, 0.2) is 0 Å². The smallest absolute Gasteiger partial charge is 0.323 e. The predicted octanol–water partition coefficient (Wildman–Crippen LogP) is -0.755. The molecule has 1 aromatic rings. The summed E-state index contributed by atoms with van der Waals surface area (Å²) in [6, 6.07) is 2.84. The average molecular weight is 301 g/mol. The van der Waals surface area contributed by atoms with E-state index in [0.717, 1.165) is 9.21 Å². The van der Waals surface area contributed by atoms with Gasteiger partial charge in [-0.2, -0.15) is 4.31 Å². The molecule has 1 N–H and O–H groups in total. The highest BCUT2D eigenvalue weighted by Gasteiger charge is 2.24. The first kappa shape index (κ1) is 16.1. The van der Waals surface area contributed by atoms with Gasteiger partial charge in [0.25, 0.3) is 0 Å². The molecule has 0 bridgehead atoms. The van der Waals surface area contributed by atoms with Crippen molar-refractivity contribution in [3.05, 3.63) is 24.5 Å². The van der Waals surface area contributed by atoms with Crippen LogP contribution in [0, 0.1) is 0 Å². The molecule has 8 nitrogen and oxygen atoms in total. The van der Waals surface area contributed by atoms with Gasteiger partial charge in [0.1, 0.15) is 11.4 Å². The van der Waals surface area contributed by atoms with Crippen LogP contribution in [0.3, 0.4) is 0 Å². The molecule has 0 fully saturated rings. The predicted molar refractivity (Wildman–Crippen MR) is 69.3 cm³/mol. The Morgan fingerprint density at radius 1 is 1.30 bits per heavy atom. The number of aliphatic carboxylic acids is 1. The van der Waals surface area contributed by atoms with Crippen molar-refractivity contribution in [2.24, 2.45) is 0 Å². The maximum absolute atomic E-state index is 12.1. The van der Waals surface area contributed by atoms with Crippen molar-refractivity contribution in [1.29, 1.82) is 0 Å². The third-order valence-corrected chi connectivity index (χ3v) is 4.29. The van der Waals surface area contributed by atoms with Crippen LogP contribution in [0.1, 0.15) is 0 Å². The van der Waals surface area contributed by atoms with Gasteiger partial charge in [-0.15, -0.1) is 0 Å². The van der Waals surface area contributed by atoms with Crippen LogP contribution < -0.4 is 0 Å². The Balaban J connectivity index is 2.78. The number of amides is 1. The van der Waals surface area contributed by atoms with Crippen LogP contribution in [0.2, 0.25) is 0 Å². The molecule has 0 radical (unpaired) electrons. The van der Waals surface area contributed by atoms with Crippen molar-refractivity contribution in [2.75, 3.05) is 27.2 Å². The monoisotopic (exact) mass is 301 g/mol. The van der Waals surface area contributed by atoms with Crippen LogP contribution in [-0.2, 0) is 19.6 Å². The number of nitrogens with zero attached hydrogens (tertiary/aromatic N) is 3. The van der Waals surface area contributed by atoms with Crippen LogP contribution in [0.25, 0.3) is 0 Å². The third kappa shape index (κ3) is 4.00. The van der Waals surface area contributed by atoms with Gasteiger partial charge in [-0.1, -0.05) is 0 Å². The van der Waals surface area contributed by atoms with Crippen molar-refractivity contribution in [3.63, 3.8) is 0 Å². The van der Waals surface area contributed by atoms with Gasteiger partial charge in [0.05, 0.1) is 6.54 Å². The Kier molecular flexibility index (Phi) is 5.17. The minimum atomic E-state index is -3.82. The van der Waals surface area contributed by atoms with E-state index in [2.05, 4.69) is 4.98 Å². The molecule has 0 aromatic carbocycles. The number of aromatic nitrogens is 1. The van der Waals surface area contributed by atoms with Crippen LogP contribution in [-0.4, -0.2) is 66.8 Å². The lowest BCUT2D eigenvalue weighted by Gasteiger charge is -2.20. The Morgan fingerprint density at radius 3 is 2.45 bits per heavy atom. The molecule has 9 heteroatoms. The van der Waals surface area contributed by atoms with E-state index in [1.807, 2.05) is 0 Å². The SMILES string of the molecule is CN(CC(=O)O)C(=O)CN(C)S(=O)(=O)c1cccnc1. The van der Waals surface area contributed by atoms with E-state index in [9.17, 15) is 18.0 Å². The number of carbonyl (C=O) groups excluding carboxylic acids is 1. The van der Waals surface area contributed by atoms with Gasteiger partial charge in [-0.25, -0.2) is 8.42 Å². The largest absolute Gasteiger partial charge is 0.480 e. The third-order valence-electron chi connectivity index (χ3n) is 2.50. The molecule has 0 unspecified atom stereocenters. The van der Waals surface area contributed by atoms with Gasteiger partial charge in [-0.05, 0) is 12.1 Å². The summed E-state index contributed by atoms with van der Waals surface area (Å²) in [5, 5.41) is 8.57. The van der Waals surface area contributed by atoms with Crippen molar-refractivity contribution in [2.45, 2.75) is 4.90 Å². The summed E-state index contributed by atoms with van der Waals surface area (Å²) < 4.78 is 25.1. The molecule has 0 spiro atoms. The first-order valence-electron chi connectivity index (χ1n) is 5.57. The molecule has 1 heterocycles. The van der Waals surface area contributed by atoms with E-state index in [4.69, 9.17) is 5.11 Å². The minimum absolute atomic E-state index is 0.0313. The second-order valence-electron chi connectivity index (χ2n) is 4.09. The Hall–Kier alpha value is -2.00. The van der Waals surface area contributed by atoms with E-state index in [1.54, 1.807) is 0 Å². The lowest BCUT2D eigenvalue weighted by atomic mass is 10.5. The van der Waals surface area contributed by atoms with E-state index in [1.165, 1.54) is 38.6 Å². The molecule has 0 saturated carbocycles. The first-order valence-corrected chi connectivity index (χ1v) is 7.01.